The van der Waals surface area contributed by atoms with Gasteiger partial charge in [-0.3, -0.25) is 4.90 Å². The molecule has 0 bridgehead atoms. The number of nitrogens with zero attached hydrogens (tertiary/aromatic N) is 1. The van der Waals surface area contributed by atoms with Crippen molar-refractivity contribution in [3.63, 3.8) is 0 Å². The second-order valence-corrected chi connectivity index (χ2v) is 5.21. The largest absolute Gasteiger partial charge is 0.310 e. The van der Waals surface area contributed by atoms with E-state index in [2.05, 4.69) is 36.9 Å². The minimum atomic E-state index is 0.277. The molecule has 1 N–H and O–H groups in total. The number of rotatable bonds is 5. The van der Waals surface area contributed by atoms with Crippen molar-refractivity contribution < 1.29 is 0 Å². The number of hydrogen-bond donors (Lipinski definition) is 1. The van der Waals surface area contributed by atoms with Gasteiger partial charge in [-0.05, 0) is 32.2 Å². The van der Waals surface area contributed by atoms with E-state index in [1.54, 1.807) is 0 Å². The van der Waals surface area contributed by atoms with Crippen LogP contribution in [0, 0.1) is 12.3 Å². The van der Waals surface area contributed by atoms with E-state index >= 15 is 0 Å². The van der Waals surface area contributed by atoms with Gasteiger partial charge in [0.05, 0.1) is 6.04 Å². The molecule has 0 aromatic rings. The molecule has 17 heavy (non-hydrogen) atoms. The summed E-state index contributed by atoms with van der Waals surface area (Å²) in [5.74, 6) is 2.98. The first-order valence-electron chi connectivity index (χ1n) is 7.16. The van der Waals surface area contributed by atoms with Crippen LogP contribution in [0.25, 0.3) is 0 Å². The zero-order chi connectivity index (χ0) is 12.7. The molecule has 0 aromatic carbocycles. The maximum atomic E-state index is 5.70. The molecule has 1 unspecified atom stereocenters. The summed E-state index contributed by atoms with van der Waals surface area (Å²) in [6, 6.07) is 0.331. The zero-order valence-electron chi connectivity index (χ0n) is 11.8. The SMILES string of the molecule is C#CC(CCC)N1CCCNC(CC)(CC)C1. The second-order valence-electron chi connectivity index (χ2n) is 5.21. The first-order valence-corrected chi connectivity index (χ1v) is 7.16. The van der Waals surface area contributed by atoms with Crippen LogP contribution in [0.2, 0.25) is 0 Å². The van der Waals surface area contributed by atoms with Gasteiger partial charge in [-0.1, -0.05) is 33.1 Å². The standard InChI is InChI=1S/C15H28N2/c1-5-10-14(6-2)17-12-9-11-16-15(7-3,8-4)13-17/h2,14,16H,5,7-13H2,1,3-4H3. The average Bonchev–Trinajstić information content (AvgIpc) is 2.59. The van der Waals surface area contributed by atoms with E-state index < -0.39 is 0 Å². The summed E-state index contributed by atoms with van der Waals surface area (Å²) in [5, 5.41) is 3.74. The number of nitrogens with one attached hydrogen (secondary N) is 1. The van der Waals surface area contributed by atoms with E-state index in [1.807, 2.05) is 0 Å². The zero-order valence-corrected chi connectivity index (χ0v) is 11.8. The van der Waals surface area contributed by atoms with E-state index in [9.17, 15) is 0 Å². The molecule has 0 amide bonds. The molecule has 1 atom stereocenters. The predicted octanol–water partition coefficient (Wildman–Crippen LogP) is 2.64. The van der Waals surface area contributed by atoms with Crippen LogP contribution in [0.3, 0.4) is 0 Å². The van der Waals surface area contributed by atoms with Crippen LogP contribution in [0.4, 0.5) is 0 Å². The Bertz CT molecular complexity index is 250. The smallest absolute Gasteiger partial charge is 0.0712 e. The lowest BCUT2D eigenvalue weighted by Gasteiger charge is -2.37. The van der Waals surface area contributed by atoms with Gasteiger partial charge in [0.2, 0.25) is 0 Å². The van der Waals surface area contributed by atoms with Gasteiger partial charge in [-0.2, -0.15) is 0 Å². The molecule has 1 rings (SSSR count). The Morgan fingerprint density at radius 2 is 2.06 bits per heavy atom. The van der Waals surface area contributed by atoms with Crippen molar-refractivity contribution in [2.75, 3.05) is 19.6 Å². The van der Waals surface area contributed by atoms with Crippen molar-refractivity contribution >= 4 is 0 Å². The molecule has 1 aliphatic heterocycles. The highest BCUT2D eigenvalue weighted by atomic mass is 15.2. The van der Waals surface area contributed by atoms with Crippen LogP contribution in [0.1, 0.15) is 52.9 Å². The molecule has 2 nitrogen and oxygen atoms in total. The summed E-state index contributed by atoms with van der Waals surface area (Å²) in [6.07, 6.45) is 11.6. The topological polar surface area (TPSA) is 15.3 Å². The number of terminal acetylenes is 1. The third kappa shape index (κ3) is 3.72. The molecule has 1 fully saturated rings. The highest BCUT2D eigenvalue weighted by Gasteiger charge is 2.32. The van der Waals surface area contributed by atoms with Crippen LogP contribution < -0.4 is 5.32 Å². The van der Waals surface area contributed by atoms with Crippen LogP contribution in [0.15, 0.2) is 0 Å². The molecule has 1 saturated heterocycles. The second kappa shape index (κ2) is 7.03. The Morgan fingerprint density at radius 1 is 1.35 bits per heavy atom. The van der Waals surface area contributed by atoms with Crippen molar-refractivity contribution in [1.29, 1.82) is 0 Å². The minimum Gasteiger partial charge on any atom is -0.310 e. The Balaban J connectivity index is 2.74. The lowest BCUT2D eigenvalue weighted by atomic mass is 9.91. The van der Waals surface area contributed by atoms with Crippen molar-refractivity contribution in [2.45, 2.75) is 64.5 Å². The van der Waals surface area contributed by atoms with Crippen LogP contribution in [0.5, 0.6) is 0 Å². The molecule has 0 aliphatic carbocycles. The molecule has 0 saturated carbocycles. The van der Waals surface area contributed by atoms with Crippen LogP contribution >= 0.6 is 0 Å². The Labute approximate surface area is 107 Å². The van der Waals surface area contributed by atoms with Gasteiger partial charge in [0.1, 0.15) is 0 Å². The van der Waals surface area contributed by atoms with E-state index in [-0.39, 0.29) is 5.54 Å². The molecule has 0 radical (unpaired) electrons. The highest BCUT2D eigenvalue weighted by Crippen LogP contribution is 2.22. The molecule has 0 spiro atoms. The summed E-state index contributed by atoms with van der Waals surface area (Å²) in [6.45, 7) is 10.2. The van der Waals surface area contributed by atoms with E-state index in [4.69, 9.17) is 6.42 Å². The quantitative estimate of drug-likeness (QED) is 0.738. The summed E-state index contributed by atoms with van der Waals surface area (Å²) in [5.41, 5.74) is 0.277. The van der Waals surface area contributed by atoms with Crippen molar-refractivity contribution in [2.24, 2.45) is 0 Å². The third-order valence-electron chi connectivity index (χ3n) is 4.18. The van der Waals surface area contributed by atoms with Crippen molar-refractivity contribution in [1.82, 2.24) is 10.2 Å². The summed E-state index contributed by atoms with van der Waals surface area (Å²) >= 11 is 0. The molecular weight excluding hydrogens is 208 g/mol. The summed E-state index contributed by atoms with van der Waals surface area (Å²) < 4.78 is 0. The monoisotopic (exact) mass is 236 g/mol. The highest BCUT2D eigenvalue weighted by molar-refractivity contribution is 5.03. The molecule has 1 aliphatic rings. The summed E-state index contributed by atoms with van der Waals surface area (Å²) in [7, 11) is 0. The lowest BCUT2D eigenvalue weighted by Crippen LogP contribution is -2.52. The average molecular weight is 236 g/mol. The number of hydrogen-bond acceptors (Lipinski definition) is 2. The lowest BCUT2D eigenvalue weighted by molar-refractivity contribution is 0.168. The van der Waals surface area contributed by atoms with E-state index in [0.717, 1.165) is 26.1 Å². The van der Waals surface area contributed by atoms with Gasteiger partial charge < -0.3 is 5.32 Å². The van der Waals surface area contributed by atoms with Crippen molar-refractivity contribution in [3.05, 3.63) is 0 Å². The van der Waals surface area contributed by atoms with Gasteiger partial charge in [-0.15, -0.1) is 6.42 Å². The van der Waals surface area contributed by atoms with Crippen LogP contribution in [-0.4, -0.2) is 36.1 Å². The van der Waals surface area contributed by atoms with Gasteiger partial charge in [0, 0.05) is 18.6 Å². The maximum Gasteiger partial charge on any atom is 0.0712 e. The molecule has 2 heteroatoms. The Morgan fingerprint density at radius 3 is 2.59 bits per heavy atom. The van der Waals surface area contributed by atoms with Gasteiger partial charge >= 0.3 is 0 Å². The van der Waals surface area contributed by atoms with Crippen LogP contribution in [-0.2, 0) is 0 Å². The van der Waals surface area contributed by atoms with Gasteiger partial charge in [-0.25, -0.2) is 0 Å². The molecular formula is C15H28N2. The first kappa shape index (κ1) is 14.5. The predicted molar refractivity (Wildman–Crippen MR) is 75.0 cm³/mol. The fourth-order valence-corrected chi connectivity index (χ4v) is 2.79. The van der Waals surface area contributed by atoms with E-state index in [0.29, 0.717) is 6.04 Å². The normalized spacial score (nSPS) is 22.7. The van der Waals surface area contributed by atoms with Gasteiger partial charge in [0.15, 0.2) is 0 Å². The summed E-state index contributed by atoms with van der Waals surface area (Å²) in [4.78, 5) is 2.52. The maximum absolute atomic E-state index is 5.70. The first-order chi connectivity index (χ1) is 8.21. The Hall–Kier alpha value is -0.520. The Kier molecular flexibility index (Phi) is 6.02. The fourth-order valence-electron chi connectivity index (χ4n) is 2.79. The minimum absolute atomic E-state index is 0.277. The fraction of sp³-hybridized carbons (Fsp3) is 0.867. The third-order valence-corrected chi connectivity index (χ3v) is 4.18. The van der Waals surface area contributed by atoms with E-state index in [1.165, 1.54) is 25.7 Å². The molecule has 1 heterocycles. The molecule has 0 aromatic heterocycles. The van der Waals surface area contributed by atoms with Gasteiger partial charge in [0.25, 0.3) is 0 Å². The molecule has 98 valence electrons. The van der Waals surface area contributed by atoms with Crippen molar-refractivity contribution in [3.8, 4) is 12.3 Å².